The number of hydrogen-bond donors (Lipinski definition) is 0. The molecule has 0 bridgehead atoms. The van der Waals surface area contributed by atoms with Crippen molar-refractivity contribution in [2.24, 2.45) is 11.8 Å². The summed E-state index contributed by atoms with van der Waals surface area (Å²) in [5, 5.41) is 0. The van der Waals surface area contributed by atoms with Crippen LogP contribution in [0.4, 0.5) is 0 Å². The van der Waals surface area contributed by atoms with E-state index >= 15 is 0 Å². The van der Waals surface area contributed by atoms with Gasteiger partial charge in [0.05, 0.1) is 0 Å². The van der Waals surface area contributed by atoms with Crippen LogP contribution >= 0.6 is 9.24 Å². The summed E-state index contributed by atoms with van der Waals surface area (Å²) in [6.07, 6.45) is 2.53. The van der Waals surface area contributed by atoms with Crippen molar-refractivity contribution in [1.82, 2.24) is 4.90 Å². The van der Waals surface area contributed by atoms with Crippen LogP contribution in [0.5, 0.6) is 0 Å². The third-order valence-corrected chi connectivity index (χ3v) is 3.19. The highest BCUT2D eigenvalue weighted by atomic mass is 31.0. The molecule has 60 valence electrons. The van der Waals surface area contributed by atoms with Gasteiger partial charge >= 0.3 is 0 Å². The summed E-state index contributed by atoms with van der Waals surface area (Å²) in [7, 11) is 2.80. The van der Waals surface area contributed by atoms with Gasteiger partial charge in [0.2, 0.25) is 0 Å². The second-order valence-electron chi connectivity index (χ2n) is 3.50. The van der Waals surface area contributed by atoms with Gasteiger partial charge in [0.15, 0.2) is 0 Å². The molecule has 0 aromatic heterocycles. The van der Waals surface area contributed by atoms with Crippen molar-refractivity contribution in [3.8, 4) is 0 Å². The average Bonchev–Trinajstić information content (AvgIpc) is 1.95. The van der Waals surface area contributed by atoms with E-state index in [9.17, 15) is 0 Å². The molecule has 1 heterocycles. The Hall–Kier alpha value is 0.390. The van der Waals surface area contributed by atoms with Gasteiger partial charge in [-0.2, -0.15) is 0 Å². The van der Waals surface area contributed by atoms with Gasteiger partial charge < -0.3 is 0 Å². The first-order valence-electron chi connectivity index (χ1n) is 4.16. The van der Waals surface area contributed by atoms with Gasteiger partial charge in [-0.1, -0.05) is 13.8 Å². The molecule has 2 heteroatoms. The maximum absolute atomic E-state index is 2.80. The standard InChI is InChI=1S/C8H18NP/c1-7-3-4-9(6-10)5-8(7)2/h7-8H,3-6,10H2,1-2H3. The molecule has 1 nitrogen and oxygen atoms in total. The summed E-state index contributed by atoms with van der Waals surface area (Å²) in [5.41, 5.74) is 0. The third-order valence-electron chi connectivity index (χ3n) is 2.68. The molecule has 0 spiro atoms. The van der Waals surface area contributed by atoms with E-state index in [2.05, 4.69) is 28.0 Å². The van der Waals surface area contributed by atoms with Crippen LogP contribution in [0.25, 0.3) is 0 Å². The van der Waals surface area contributed by atoms with Crippen molar-refractivity contribution in [1.29, 1.82) is 0 Å². The molecule has 1 aliphatic heterocycles. The first-order chi connectivity index (χ1) is 4.74. The zero-order chi connectivity index (χ0) is 7.56. The molecule has 0 N–H and O–H groups in total. The summed E-state index contributed by atoms with van der Waals surface area (Å²) in [6, 6.07) is 0. The number of piperidine rings is 1. The quantitative estimate of drug-likeness (QED) is 0.527. The Balaban J connectivity index is 2.33. The van der Waals surface area contributed by atoms with Crippen LogP contribution in [0, 0.1) is 11.8 Å². The van der Waals surface area contributed by atoms with Gasteiger partial charge in [-0.15, -0.1) is 9.24 Å². The summed E-state index contributed by atoms with van der Waals surface area (Å²) < 4.78 is 0. The Bertz CT molecular complexity index is 105. The van der Waals surface area contributed by atoms with Gasteiger partial charge in [-0.25, -0.2) is 0 Å². The van der Waals surface area contributed by atoms with Crippen molar-refractivity contribution < 1.29 is 0 Å². The summed E-state index contributed by atoms with van der Waals surface area (Å²) in [6.45, 7) is 7.32. The fourth-order valence-corrected chi connectivity index (χ4v) is 1.85. The molecule has 1 saturated heterocycles. The predicted octanol–water partition coefficient (Wildman–Crippen LogP) is 1.80. The van der Waals surface area contributed by atoms with Crippen LogP contribution in [0.15, 0.2) is 0 Å². The number of nitrogens with zero attached hydrogens (tertiary/aromatic N) is 1. The molecular formula is C8H18NP. The Kier molecular flexibility index (Phi) is 3.13. The normalized spacial score (nSPS) is 36.3. The molecule has 10 heavy (non-hydrogen) atoms. The minimum Gasteiger partial charge on any atom is -0.299 e. The monoisotopic (exact) mass is 159 g/mol. The zero-order valence-corrected chi connectivity index (χ0v) is 8.16. The largest absolute Gasteiger partial charge is 0.299 e. The summed E-state index contributed by atoms with van der Waals surface area (Å²) in [5.74, 6) is 1.84. The Morgan fingerprint density at radius 3 is 2.60 bits per heavy atom. The van der Waals surface area contributed by atoms with E-state index in [1.54, 1.807) is 0 Å². The van der Waals surface area contributed by atoms with Gasteiger partial charge in [0, 0.05) is 12.8 Å². The van der Waals surface area contributed by atoms with Gasteiger partial charge in [0.1, 0.15) is 0 Å². The molecule has 1 aliphatic rings. The lowest BCUT2D eigenvalue weighted by atomic mass is 9.89. The smallest absolute Gasteiger partial charge is 0.0126 e. The van der Waals surface area contributed by atoms with E-state index in [0.29, 0.717) is 0 Å². The van der Waals surface area contributed by atoms with E-state index in [-0.39, 0.29) is 0 Å². The highest BCUT2D eigenvalue weighted by molar-refractivity contribution is 7.16. The lowest BCUT2D eigenvalue weighted by Crippen LogP contribution is -2.37. The van der Waals surface area contributed by atoms with E-state index < -0.39 is 0 Å². The van der Waals surface area contributed by atoms with Crippen molar-refractivity contribution in [2.75, 3.05) is 19.4 Å². The lowest BCUT2D eigenvalue weighted by Gasteiger charge is -2.34. The third kappa shape index (κ3) is 1.93. The first kappa shape index (κ1) is 8.49. The van der Waals surface area contributed by atoms with Crippen LogP contribution < -0.4 is 0 Å². The second-order valence-corrected chi connectivity index (χ2v) is 3.87. The van der Waals surface area contributed by atoms with Crippen LogP contribution in [-0.2, 0) is 0 Å². The fourth-order valence-electron chi connectivity index (χ4n) is 1.52. The number of hydrogen-bond acceptors (Lipinski definition) is 1. The van der Waals surface area contributed by atoms with Crippen LogP contribution in [-0.4, -0.2) is 24.3 Å². The van der Waals surface area contributed by atoms with E-state index in [0.717, 1.165) is 18.1 Å². The maximum Gasteiger partial charge on any atom is 0.0126 e. The molecule has 3 unspecified atom stereocenters. The maximum atomic E-state index is 2.80. The van der Waals surface area contributed by atoms with Gasteiger partial charge in [0.25, 0.3) is 0 Å². The van der Waals surface area contributed by atoms with Crippen LogP contribution in [0.1, 0.15) is 20.3 Å². The van der Waals surface area contributed by atoms with Crippen molar-refractivity contribution in [3.63, 3.8) is 0 Å². The van der Waals surface area contributed by atoms with Crippen molar-refractivity contribution in [3.05, 3.63) is 0 Å². The molecule has 3 atom stereocenters. The van der Waals surface area contributed by atoms with Crippen LogP contribution in [0.2, 0.25) is 0 Å². The van der Waals surface area contributed by atoms with E-state index in [1.165, 1.54) is 19.5 Å². The molecule has 0 aromatic carbocycles. The van der Waals surface area contributed by atoms with E-state index in [1.807, 2.05) is 0 Å². The molecule has 0 aromatic rings. The SMILES string of the molecule is CC1CCN(CP)CC1C. The Morgan fingerprint density at radius 2 is 2.10 bits per heavy atom. The highest BCUT2D eigenvalue weighted by Crippen LogP contribution is 2.22. The van der Waals surface area contributed by atoms with Crippen LogP contribution in [0.3, 0.4) is 0 Å². The molecule has 1 fully saturated rings. The fraction of sp³-hybridized carbons (Fsp3) is 1.00. The highest BCUT2D eigenvalue weighted by Gasteiger charge is 2.20. The molecule has 1 rings (SSSR count). The predicted molar refractivity (Wildman–Crippen MR) is 49.1 cm³/mol. The van der Waals surface area contributed by atoms with Crippen molar-refractivity contribution in [2.45, 2.75) is 20.3 Å². The number of likely N-dealkylation sites (tertiary alicyclic amines) is 1. The number of rotatable bonds is 1. The summed E-state index contributed by atoms with van der Waals surface area (Å²) >= 11 is 0. The van der Waals surface area contributed by atoms with Crippen molar-refractivity contribution >= 4 is 9.24 Å². The molecular weight excluding hydrogens is 141 g/mol. The van der Waals surface area contributed by atoms with E-state index in [4.69, 9.17) is 0 Å². The molecule has 0 aliphatic carbocycles. The average molecular weight is 159 g/mol. The zero-order valence-electron chi connectivity index (χ0n) is 7.01. The lowest BCUT2D eigenvalue weighted by molar-refractivity contribution is 0.160. The Labute approximate surface area is 66.4 Å². The molecule has 0 saturated carbocycles. The molecule has 0 radical (unpaired) electrons. The topological polar surface area (TPSA) is 3.24 Å². The van der Waals surface area contributed by atoms with Gasteiger partial charge in [-0.05, 0) is 24.8 Å². The summed E-state index contributed by atoms with van der Waals surface area (Å²) in [4.78, 5) is 2.51. The minimum absolute atomic E-state index is 0.897. The minimum atomic E-state index is 0.897. The second kappa shape index (κ2) is 3.69. The Morgan fingerprint density at radius 1 is 1.40 bits per heavy atom. The van der Waals surface area contributed by atoms with Gasteiger partial charge in [-0.3, -0.25) is 4.90 Å². The first-order valence-corrected chi connectivity index (χ1v) is 4.98. The molecule has 0 amide bonds.